The van der Waals surface area contributed by atoms with Crippen LogP contribution in [0.15, 0.2) is 84.9 Å². The summed E-state index contributed by atoms with van der Waals surface area (Å²) in [6, 6.07) is 31.8. The molecule has 38 heavy (non-hydrogen) atoms. The van der Waals surface area contributed by atoms with Crippen molar-refractivity contribution in [2.45, 2.75) is 63.2 Å². The number of hydrogen-bond donors (Lipinski definition) is 0. The van der Waals surface area contributed by atoms with Crippen LogP contribution in [-0.2, 0) is 10.8 Å². The van der Waals surface area contributed by atoms with E-state index in [2.05, 4.69) is 84.9 Å². The number of ether oxygens (including phenoxy) is 2. The van der Waals surface area contributed by atoms with Gasteiger partial charge in [0.05, 0.1) is 13.2 Å². The fraction of sp³-hybridized carbons (Fsp3) is 0.333. The summed E-state index contributed by atoms with van der Waals surface area (Å²) in [7, 11) is 0. The second-order valence-corrected chi connectivity index (χ2v) is 11.3. The fourth-order valence-electron chi connectivity index (χ4n) is 8.18. The van der Waals surface area contributed by atoms with Gasteiger partial charge in [0.15, 0.2) is 0 Å². The molecule has 0 amide bonds. The van der Waals surface area contributed by atoms with Crippen LogP contribution in [0.25, 0.3) is 33.4 Å². The Balaban J connectivity index is 1.36. The van der Waals surface area contributed by atoms with Gasteiger partial charge in [-0.3, -0.25) is 0 Å². The monoisotopic (exact) mass is 500 g/mol. The summed E-state index contributed by atoms with van der Waals surface area (Å²) in [4.78, 5) is 0. The van der Waals surface area contributed by atoms with Crippen LogP contribution in [-0.4, -0.2) is 13.2 Å². The van der Waals surface area contributed by atoms with Gasteiger partial charge in [-0.2, -0.15) is 0 Å². The quantitative estimate of drug-likeness (QED) is 0.263. The highest BCUT2D eigenvalue weighted by Crippen LogP contribution is 2.69. The van der Waals surface area contributed by atoms with Crippen LogP contribution in [0.3, 0.4) is 0 Å². The molecule has 2 saturated carbocycles. The van der Waals surface area contributed by atoms with Crippen molar-refractivity contribution in [1.29, 1.82) is 0 Å². The average molecular weight is 501 g/mol. The van der Waals surface area contributed by atoms with Crippen LogP contribution in [0.1, 0.15) is 63.5 Å². The summed E-state index contributed by atoms with van der Waals surface area (Å²) in [5.41, 5.74) is 11.8. The molecule has 0 N–H and O–H groups in total. The lowest BCUT2D eigenvalue weighted by Gasteiger charge is -2.48. The summed E-state index contributed by atoms with van der Waals surface area (Å²) in [5, 5.41) is 0. The predicted molar refractivity (Wildman–Crippen MR) is 156 cm³/mol. The molecular weight excluding hydrogens is 464 g/mol. The molecule has 0 atom stereocenters. The highest BCUT2D eigenvalue weighted by Gasteiger charge is 2.62. The van der Waals surface area contributed by atoms with Crippen molar-refractivity contribution in [1.82, 2.24) is 0 Å². The van der Waals surface area contributed by atoms with Crippen molar-refractivity contribution in [3.8, 4) is 44.9 Å². The largest absolute Gasteiger partial charge is 0.494 e. The molecule has 2 fully saturated rings. The maximum atomic E-state index is 5.69. The van der Waals surface area contributed by atoms with Gasteiger partial charge in [0, 0.05) is 10.8 Å². The van der Waals surface area contributed by atoms with Crippen LogP contribution in [0.2, 0.25) is 0 Å². The van der Waals surface area contributed by atoms with Gasteiger partial charge in [0.25, 0.3) is 0 Å². The summed E-state index contributed by atoms with van der Waals surface area (Å²) >= 11 is 0. The Morgan fingerprint density at radius 2 is 0.868 bits per heavy atom. The molecule has 7 rings (SSSR count). The van der Waals surface area contributed by atoms with Crippen molar-refractivity contribution >= 4 is 0 Å². The van der Waals surface area contributed by atoms with Gasteiger partial charge >= 0.3 is 0 Å². The van der Waals surface area contributed by atoms with Crippen molar-refractivity contribution in [3.05, 3.63) is 96.1 Å². The summed E-state index contributed by atoms with van der Waals surface area (Å²) in [5.74, 6) is 1.88. The molecule has 3 aliphatic carbocycles. The Kier molecular flexibility index (Phi) is 5.62. The highest BCUT2D eigenvalue weighted by molar-refractivity contribution is 5.84. The Morgan fingerprint density at radius 3 is 1.24 bits per heavy atom. The van der Waals surface area contributed by atoms with E-state index in [0.717, 1.165) is 11.5 Å². The Labute approximate surface area is 226 Å². The lowest BCUT2D eigenvalue weighted by atomic mass is 9.55. The van der Waals surface area contributed by atoms with E-state index in [1.807, 2.05) is 13.8 Å². The Hall–Kier alpha value is -3.52. The maximum Gasteiger partial charge on any atom is 0.119 e. The lowest BCUT2D eigenvalue weighted by molar-refractivity contribution is 0.299. The van der Waals surface area contributed by atoms with Gasteiger partial charge in [0.1, 0.15) is 11.5 Å². The normalized spacial score (nSPS) is 22.8. The molecule has 2 nitrogen and oxygen atoms in total. The van der Waals surface area contributed by atoms with E-state index in [4.69, 9.17) is 9.47 Å². The van der Waals surface area contributed by atoms with Crippen molar-refractivity contribution < 1.29 is 9.47 Å². The molecule has 0 bridgehead atoms. The van der Waals surface area contributed by atoms with Crippen molar-refractivity contribution in [2.24, 2.45) is 0 Å². The van der Waals surface area contributed by atoms with E-state index in [1.165, 1.54) is 71.9 Å². The summed E-state index contributed by atoms with van der Waals surface area (Å²) < 4.78 is 11.4. The molecule has 2 heteroatoms. The number of benzene rings is 4. The van der Waals surface area contributed by atoms with Crippen LogP contribution in [0, 0.1) is 0 Å². The molecule has 3 aliphatic rings. The van der Waals surface area contributed by atoms with Gasteiger partial charge in [-0.1, -0.05) is 61.4 Å². The third kappa shape index (κ3) is 3.39. The topological polar surface area (TPSA) is 18.5 Å². The molecule has 4 aromatic carbocycles. The molecule has 0 aliphatic heterocycles. The third-order valence-corrected chi connectivity index (χ3v) is 9.69. The maximum absolute atomic E-state index is 5.69. The SMILES string of the molecule is CCOc1ccc(-c2ccc3c(c2)[C@]24CCC[C@]2(CCC4)c2cc(-c4ccc(OCC)cc4)ccc2-3)cc1. The standard InChI is InChI=1S/C36H36O2/c1-3-37-29-13-7-25(8-14-29)27-11-17-31-32-18-12-28(26-9-15-30(16-10-26)38-4-2)24-34(32)36-21-5-19-35(36,20-6-22-36)33(31)23-27/h7-18,23-24H,3-6,19-22H2,1-2H3/t35-,36+. The number of rotatable bonds is 6. The molecule has 4 aromatic rings. The van der Waals surface area contributed by atoms with Crippen molar-refractivity contribution in [2.75, 3.05) is 13.2 Å². The van der Waals surface area contributed by atoms with Gasteiger partial charge < -0.3 is 9.47 Å². The molecule has 192 valence electrons. The first-order chi connectivity index (χ1) is 18.7. The molecular formula is C36H36O2. The van der Waals surface area contributed by atoms with Gasteiger partial charge in [-0.05, 0) is 120 Å². The van der Waals surface area contributed by atoms with Crippen LogP contribution >= 0.6 is 0 Å². The van der Waals surface area contributed by atoms with Gasteiger partial charge in [-0.25, -0.2) is 0 Å². The minimum atomic E-state index is 0.258. The van der Waals surface area contributed by atoms with E-state index in [1.54, 1.807) is 11.1 Å². The first kappa shape index (κ1) is 23.6. The zero-order valence-electron chi connectivity index (χ0n) is 22.6. The molecule has 0 spiro atoms. The predicted octanol–water partition coefficient (Wildman–Crippen LogP) is 9.34. The van der Waals surface area contributed by atoms with Gasteiger partial charge in [0.2, 0.25) is 0 Å². The minimum Gasteiger partial charge on any atom is -0.494 e. The molecule has 0 saturated heterocycles. The second-order valence-electron chi connectivity index (χ2n) is 11.3. The molecule has 0 heterocycles. The van der Waals surface area contributed by atoms with E-state index in [9.17, 15) is 0 Å². The molecule has 0 radical (unpaired) electrons. The van der Waals surface area contributed by atoms with Gasteiger partial charge in [-0.15, -0.1) is 0 Å². The first-order valence-electron chi connectivity index (χ1n) is 14.4. The van der Waals surface area contributed by atoms with Crippen LogP contribution < -0.4 is 9.47 Å². The van der Waals surface area contributed by atoms with E-state index >= 15 is 0 Å². The minimum absolute atomic E-state index is 0.258. The Morgan fingerprint density at radius 1 is 0.500 bits per heavy atom. The second kappa shape index (κ2) is 9.05. The smallest absolute Gasteiger partial charge is 0.119 e. The average Bonchev–Trinajstić information content (AvgIpc) is 3.52. The zero-order chi connectivity index (χ0) is 25.7. The third-order valence-electron chi connectivity index (χ3n) is 9.69. The lowest BCUT2D eigenvalue weighted by Crippen LogP contribution is -2.43. The zero-order valence-corrected chi connectivity index (χ0v) is 22.6. The van der Waals surface area contributed by atoms with Crippen LogP contribution in [0.5, 0.6) is 11.5 Å². The van der Waals surface area contributed by atoms with Crippen LogP contribution in [0.4, 0.5) is 0 Å². The summed E-state index contributed by atoms with van der Waals surface area (Å²) in [6.07, 6.45) is 7.86. The molecule has 0 aromatic heterocycles. The van der Waals surface area contributed by atoms with E-state index in [-0.39, 0.29) is 10.8 Å². The number of fused-ring (bicyclic) bond motifs is 3. The van der Waals surface area contributed by atoms with E-state index in [0.29, 0.717) is 13.2 Å². The van der Waals surface area contributed by atoms with Crippen molar-refractivity contribution in [3.63, 3.8) is 0 Å². The van der Waals surface area contributed by atoms with E-state index < -0.39 is 0 Å². The summed E-state index contributed by atoms with van der Waals surface area (Å²) in [6.45, 7) is 5.46. The molecule has 0 unspecified atom stereocenters. The number of hydrogen-bond acceptors (Lipinski definition) is 2. The first-order valence-corrected chi connectivity index (χ1v) is 14.4. The fourth-order valence-corrected chi connectivity index (χ4v) is 8.18. The highest BCUT2D eigenvalue weighted by atomic mass is 16.5. The Bertz CT molecular complexity index is 1360.